The highest BCUT2D eigenvalue weighted by Gasteiger charge is 2.61. The highest BCUT2D eigenvalue weighted by Crippen LogP contribution is 2.40. The van der Waals surface area contributed by atoms with E-state index >= 15 is 0 Å². The lowest BCUT2D eigenvalue weighted by Crippen LogP contribution is -2.50. The number of ether oxygens (including phenoxy) is 1. The van der Waals surface area contributed by atoms with E-state index in [1.165, 1.54) is 37.2 Å². The van der Waals surface area contributed by atoms with Crippen molar-refractivity contribution in [1.82, 2.24) is 5.01 Å². The van der Waals surface area contributed by atoms with Crippen molar-refractivity contribution in [3.8, 4) is 0 Å². The number of fused-ring (bicyclic) bond motifs is 1. The number of halogens is 2. The Morgan fingerprint density at radius 1 is 1.14 bits per heavy atom. The number of imide groups is 1. The average Bonchev–Trinajstić information content (AvgIpc) is 3.10. The van der Waals surface area contributed by atoms with Gasteiger partial charge in [0.15, 0.2) is 5.71 Å². The molecule has 1 aromatic carbocycles. The van der Waals surface area contributed by atoms with Crippen LogP contribution in [0, 0.1) is 5.92 Å². The Balaban J connectivity index is 2.10. The van der Waals surface area contributed by atoms with Crippen molar-refractivity contribution in [2.24, 2.45) is 11.0 Å². The van der Waals surface area contributed by atoms with Crippen molar-refractivity contribution in [1.29, 1.82) is 0 Å². The molecule has 154 valence electrons. The fraction of sp³-hybridized carbons (Fsp3) is 0.421. The number of hydrogen-bond acceptors (Lipinski definition) is 7. The Labute approximate surface area is 177 Å². The third kappa shape index (κ3) is 3.62. The minimum Gasteiger partial charge on any atom is -0.464 e. The summed E-state index contributed by atoms with van der Waals surface area (Å²) in [5.41, 5.74) is -0.897. The monoisotopic (exact) mass is 439 g/mol. The van der Waals surface area contributed by atoms with Crippen LogP contribution in [-0.4, -0.2) is 53.0 Å². The van der Waals surface area contributed by atoms with Gasteiger partial charge in [0.05, 0.1) is 18.3 Å². The molecule has 0 N–H and O–H groups in total. The van der Waals surface area contributed by atoms with E-state index < -0.39 is 35.3 Å². The molecule has 29 heavy (non-hydrogen) atoms. The third-order valence-electron chi connectivity index (χ3n) is 4.85. The molecule has 1 saturated heterocycles. The third-order valence-corrected chi connectivity index (χ3v) is 5.29. The SMILES string of the molecule is COC(=O)C1=NN(C(C)(C)CC(C)=O)C2C(=O)N(c3cc(Cl)cc(Cl)c3)C(=O)C12. The number of methoxy groups -OCH3 is 1. The van der Waals surface area contributed by atoms with Crippen LogP contribution in [0.15, 0.2) is 23.3 Å². The molecule has 1 fully saturated rings. The van der Waals surface area contributed by atoms with E-state index in [1.807, 2.05) is 0 Å². The zero-order valence-electron chi connectivity index (χ0n) is 16.2. The minimum atomic E-state index is -1.15. The lowest BCUT2D eigenvalue weighted by Gasteiger charge is -2.36. The van der Waals surface area contributed by atoms with Gasteiger partial charge in [0.25, 0.3) is 5.91 Å². The van der Waals surface area contributed by atoms with Crippen molar-refractivity contribution in [3.05, 3.63) is 28.2 Å². The quantitative estimate of drug-likeness (QED) is 0.516. The minimum absolute atomic E-state index is 0.0681. The number of hydrogen-bond donors (Lipinski definition) is 0. The smallest absolute Gasteiger partial charge is 0.355 e. The number of amides is 2. The number of benzene rings is 1. The first-order valence-electron chi connectivity index (χ1n) is 8.77. The number of esters is 1. The maximum absolute atomic E-state index is 13.3. The topological polar surface area (TPSA) is 96.3 Å². The summed E-state index contributed by atoms with van der Waals surface area (Å²) in [5, 5.41) is 6.10. The van der Waals surface area contributed by atoms with E-state index in [0.717, 1.165) is 4.90 Å². The molecule has 3 rings (SSSR count). The maximum Gasteiger partial charge on any atom is 0.355 e. The number of rotatable bonds is 5. The number of nitrogens with zero attached hydrogens (tertiary/aromatic N) is 3. The second-order valence-corrected chi connectivity index (χ2v) is 8.45. The van der Waals surface area contributed by atoms with E-state index in [9.17, 15) is 19.2 Å². The molecule has 2 amide bonds. The van der Waals surface area contributed by atoms with Gasteiger partial charge in [0.2, 0.25) is 5.91 Å². The van der Waals surface area contributed by atoms with E-state index in [-0.39, 0.29) is 33.6 Å². The van der Waals surface area contributed by atoms with Crippen LogP contribution in [0.4, 0.5) is 5.69 Å². The molecule has 0 aliphatic carbocycles. The Morgan fingerprint density at radius 3 is 2.24 bits per heavy atom. The van der Waals surface area contributed by atoms with E-state index in [0.29, 0.717) is 0 Å². The van der Waals surface area contributed by atoms with Crippen molar-refractivity contribution in [3.63, 3.8) is 0 Å². The van der Waals surface area contributed by atoms with Crippen LogP contribution in [0.2, 0.25) is 10.0 Å². The highest BCUT2D eigenvalue weighted by molar-refractivity contribution is 6.46. The first kappa shape index (κ1) is 21.3. The lowest BCUT2D eigenvalue weighted by atomic mass is 9.92. The Morgan fingerprint density at radius 2 is 1.72 bits per heavy atom. The summed E-state index contributed by atoms with van der Waals surface area (Å²) in [6.45, 7) is 4.85. The summed E-state index contributed by atoms with van der Waals surface area (Å²) in [4.78, 5) is 51.4. The van der Waals surface area contributed by atoms with Gasteiger partial charge in [0, 0.05) is 16.5 Å². The molecule has 8 nitrogen and oxygen atoms in total. The first-order chi connectivity index (χ1) is 13.5. The zero-order valence-corrected chi connectivity index (χ0v) is 17.7. The highest BCUT2D eigenvalue weighted by atomic mass is 35.5. The fourth-order valence-electron chi connectivity index (χ4n) is 3.81. The molecular weight excluding hydrogens is 421 g/mol. The fourth-order valence-corrected chi connectivity index (χ4v) is 4.32. The Kier molecular flexibility index (Phi) is 5.44. The molecular formula is C19H19Cl2N3O5. The molecule has 1 aromatic rings. The van der Waals surface area contributed by atoms with Crippen molar-refractivity contribution in [2.45, 2.75) is 38.8 Å². The van der Waals surface area contributed by atoms with Crippen LogP contribution in [0.25, 0.3) is 0 Å². The van der Waals surface area contributed by atoms with Gasteiger partial charge in [0.1, 0.15) is 17.7 Å². The van der Waals surface area contributed by atoms with Crippen LogP contribution in [0.3, 0.4) is 0 Å². The van der Waals surface area contributed by atoms with Gasteiger partial charge in [-0.2, -0.15) is 5.10 Å². The molecule has 2 heterocycles. The predicted octanol–water partition coefficient (Wildman–Crippen LogP) is 2.45. The molecule has 2 unspecified atom stereocenters. The summed E-state index contributed by atoms with van der Waals surface area (Å²) < 4.78 is 4.76. The number of Topliss-reactive ketones (excluding diaryl/α,β-unsaturated/α-hetero) is 1. The van der Waals surface area contributed by atoms with Gasteiger partial charge in [-0.05, 0) is 39.0 Å². The van der Waals surface area contributed by atoms with Gasteiger partial charge in [-0.25, -0.2) is 9.69 Å². The van der Waals surface area contributed by atoms with E-state index in [4.69, 9.17) is 27.9 Å². The first-order valence-corrected chi connectivity index (χ1v) is 9.53. The molecule has 0 bridgehead atoms. The van der Waals surface area contributed by atoms with E-state index in [2.05, 4.69) is 5.10 Å². The van der Waals surface area contributed by atoms with Gasteiger partial charge >= 0.3 is 5.97 Å². The second-order valence-electron chi connectivity index (χ2n) is 7.57. The van der Waals surface area contributed by atoms with Gasteiger partial charge < -0.3 is 4.74 Å². The van der Waals surface area contributed by atoms with Crippen LogP contribution < -0.4 is 4.90 Å². The summed E-state index contributed by atoms with van der Waals surface area (Å²) in [7, 11) is 1.17. The summed E-state index contributed by atoms with van der Waals surface area (Å²) in [6.07, 6.45) is 0.0681. The molecule has 0 saturated carbocycles. The number of hydrazone groups is 1. The van der Waals surface area contributed by atoms with Crippen LogP contribution >= 0.6 is 23.2 Å². The Hall–Kier alpha value is -2.45. The zero-order chi connectivity index (χ0) is 21.7. The van der Waals surface area contributed by atoms with Crippen molar-refractivity contribution < 1.29 is 23.9 Å². The van der Waals surface area contributed by atoms with Gasteiger partial charge in [-0.15, -0.1) is 0 Å². The van der Waals surface area contributed by atoms with Gasteiger partial charge in [-0.3, -0.25) is 19.4 Å². The number of carbonyl (C=O) groups is 4. The number of carbonyl (C=O) groups excluding carboxylic acids is 4. The van der Waals surface area contributed by atoms with Gasteiger partial charge in [-0.1, -0.05) is 23.2 Å². The molecule has 2 aliphatic rings. The summed E-state index contributed by atoms with van der Waals surface area (Å²) in [5.74, 6) is -3.31. The summed E-state index contributed by atoms with van der Waals surface area (Å²) in [6, 6.07) is 3.26. The predicted molar refractivity (Wildman–Crippen MR) is 107 cm³/mol. The molecule has 2 atom stereocenters. The van der Waals surface area contributed by atoms with Crippen molar-refractivity contribution >= 4 is 58.2 Å². The normalized spacial score (nSPS) is 21.4. The standard InChI is InChI=1S/C19H19Cl2N3O5/c1-9(25)8-19(2,3)24-15-13(14(22-24)18(28)29-4)16(26)23(17(15)27)12-6-10(20)5-11(21)7-12/h5-7,13,15H,8H2,1-4H3. The van der Waals surface area contributed by atoms with Crippen LogP contribution in [-0.2, 0) is 23.9 Å². The molecule has 0 spiro atoms. The molecule has 0 radical (unpaired) electrons. The maximum atomic E-state index is 13.3. The molecule has 0 aromatic heterocycles. The lowest BCUT2D eigenvalue weighted by molar-refractivity contribution is -0.133. The second kappa shape index (κ2) is 7.42. The van der Waals surface area contributed by atoms with Crippen LogP contribution in [0.1, 0.15) is 27.2 Å². The number of anilines is 1. The summed E-state index contributed by atoms with van der Waals surface area (Å²) >= 11 is 12.1. The van der Waals surface area contributed by atoms with Crippen molar-refractivity contribution in [2.75, 3.05) is 12.0 Å². The number of ketones is 1. The average molecular weight is 440 g/mol. The Bertz CT molecular complexity index is 939. The molecule has 10 heteroatoms. The van der Waals surface area contributed by atoms with Crippen LogP contribution in [0.5, 0.6) is 0 Å². The molecule has 2 aliphatic heterocycles. The largest absolute Gasteiger partial charge is 0.464 e. The van der Waals surface area contributed by atoms with E-state index in [1.54, 1.807) is 13.8 Å².